The molecule has 1 aromatic rings. The van der Waals surface area contributed by atoms with Gasteiger partial charge in [-0.3, -0.25) is 9.59 Å². The minimum absolute atomic E-state index is 0.0492. The predicted octanol–water partition coefficient (Wildman–Crippen LogP) is 2.68. The Labute approximate surface area is 161 Å². The minimum Gasteiger partial charge on any atom is -0.350 e. The summed E-state index contributed by atoms with van der Waals surface area (Å²) < 4.78 is 13.0. The molecule has 1 aliphatic heterocycles. The smallest absolute Gasteiger partial charge is 0.220 e. The Hall–Kier alpha value is -1.75. The number of nitrogens with one attached hydrogen (secondary N) is 2. The van der Waals surface area contributed by atoms with Crippen LogP contribution in [0, 0.1) is 5.82 Å². The average molecular weight is 376 g/mol. The van der Waals surface area contributed by atoms with Gasteiger partial charge in [-0.1, -0.05) is 6.42 Å². The molecule has 0 bridgehead atoms. The molecule has 2 fully saturated rings. The van der Waals surface area contributed by atoms with Gasteiger partial charge in [0.15, 0.2) is 5.78 Å². The van der Waals surface area contributed by atoms with E-state index in [2.05, 4.69) is 5.32 Å². The maximum atomic E-state index is 13.0. The molecular weight excluding hydrogens is 343 g/mol. The summed E-state index contributed by atoms with van der Waals surface area (Å²) in [5.41, 5.74) is 0.653. The summed E-state index contributed by atoms with van der Waals surface area (Å²) in [4.78, 5) is 26.2. The highest BCUT2D eigenvalue weighted by Crippen LogP contribution is 2.26. The molecule has 0 spiro atoms. The first kappa shape index (κ1) is 20.0. The van der Waals surface area contributed by atoms with Gasteiger partial charge in [0, 0.05) is 31.2 Å². The van der Waals surface area contributed by atoms with Crippen LogP contribution in [0.15, 0.2) is 24.3 Å². The highest BCUT2D eigenvalue weighted by atomic mass is 19.1. The molecule has 1 saturated heterocycles. The van der Waals surface area contributed by atoms with E-state index in [4.69, 9.17) is 0 Å². The van der Waals surface area contributed by atoms with Gasteiger partial charge in [-0.15, -0.1) is 0 Å². The number of halogens is 1. The molecule has 0 unspecified atom stereocenters. The lowest BCUT2D eigenvalue weighted by atomic mass is 9.79. The molecule has 1 aliphatic carbocycles. The van der Waals surface area contributed by atoms with E-state index in [0.29, 0.717) is 5.56 Å². The molecular formula is C22H32FN2O2+. The van der Waals surface area contributed by atoms with Crippen molar-refractivity contribution in [2.24, 2.45) is 0 Å². The van der Waals surface area contributed by atoms with Crippen LogP contribution in [0.4, 0.5) is 4.39 Å². The van der Waals surface area contributed by atoms with E-state index >= 15 is 0 Å². The molecule has 0 radical (unpaired) electrons. The van der Waals surface area contributed by atoms with E-state index in [-0.39, 0.29) is 35.9 Å². The highest BCUT2D eigenvalue weighted by molar-refractivity contribution is 5.97. The van der Waals surface area contributed by atoms with Crippen molar-refractivity contribution < 1.29 is 18.9 Å². The lowest BCUT2D eigenvalue weighted by molar-refractivity contribution is -0.957. The summed E-state index contributed by atoms with van der Waals surface area (Å²) in [7, 11) is 0. The Balaban J connectivity index is 1.50. The number of hydrogen-bond donors (Lipinski definition) is 2. The van der Waals surface area contributed by atoms with Crippen molar-refractivity contribution in [2.75, 3.05) is 19.6 Å². The van der Waals surface area contributed by atoms with Crippen molar-refractivity contribution in [2.45, 2.75) is 69.7 Å². The van der Waals surface area contributed by atoms with E-state index in [9.17, 15) is 14.0 Å². The molecule has 27 heavy (non-hydrogen) atoms. The zero-order valence-corrected chi connectivity index (χ0v) is 16.2. The van der Waals surface area contributed by atoms with Crippen molar-refractivity contribution in [1.82, 2.24) is 5.32 Å². The zero-order chi connectivity index (χ0) is 19.1. The number of carbonyl (C=O) groups excluding carboxylic acids is 2. The Morgan fingerprint density at radius 2 is 1.56 bits per heavy atom. The zero-order valence-electron chi connectivity index (χ0n) is 16.2. The molecule has 1 aromatic carbocycles. The van der Waals surface area contributed by atoms with Crippen LogP contribution >= 0.6 is 0 Å². The lowest BCUT2D eigenvalue weighted by Crippen LogP contribution is -3.22. The van der Waals surface area contributed by atoms with Gasteiger partial charge in [0.2, 0.25) is 5.91 Å². The van der Waals surface area contributed by atoms with E-state index in [0.717, 1.165) is 6.54 Å². The third-order valence-corrected chi connectivity index (χ3v) is 6.39. The molecule has 2 aliphatic rings. The Morgan fingerprint density at radius 1 is 0.926 bits per heavy atom. The number of likely N-dealkylation sites (tertiary alicyclic amines) is 1. The van der Waals surface area contributed by atoms with Gasteiger partial charge in [0.1, 0.15) is 11.4 Å². The van der Waals surface area contributed by atoms with Crippen LogP contribution in [-0.2, 0) is 4.79 Å². The van der Waals surface area contributed by atoms with Gasteiger partial charge in [0.25, 0.3) is 0 Å². The molecule has 5 heteroatoms. The first-order valence-corrected chi connectivity index (χ1v) is 10.5. The van der Waals surface area contributed by atoms with E-state index < -0.39 is 0 Å². The van der Waals surface area contributed by atoms with E-state index in [1.165, 1.54) is 88.7 Å². The second-order valence-corrected chi connectivity index (χ2v) is 8.21. The van der Waals surface area contributed by atoms with Gasteiger partial charge in [-0.2, -0.15) is 0 Å². The first-order valence-electron chi connectivity index (χ1n) is 10.5. The molecule has 0 aromatic heterocycles. The maximum absolute atomic E-state index is 13.0. The Bertz CT molecular complexity index is 632. The topological polar surface area (TPSA) is 50.6 Å². The molecule has 1 heterocycles. The summed E-state index contributed by atoms with van der Waals surface area (Å²) in [5, 5.41) is 3.13. The van der Waals surface area contributed by atoms with Crippen LogP contribution in [0.25, 0.3) is 0 Å². The van der Waals surface area contributed by atoms with Crippen molar-refractivity contribution in [3.63, 3.8) is 0 Å². The maximum Gasteiger partial charge on any atom is 0.220 e. The third-order valence-electron chi connectivity index (χ3n) is 6.39. The number of amides is 1. The molecule has 3 rings (SSSR count). The first-order chi connectivity index (χ1) is 13.1. The fourth-order valence-corrected chi connectivity index (χ4v) is 4.76. The summed E-state index contributed by atoms with van der Waals surface area (Å²) in [6, 6.07) is 5.52. The van der Waals surface area contributed by atoms with E-state index in [1.54, 1.807) is 4.90 Å². The fraction of sp³-hybridized carbons (Fsp3) is 0.636. The molecule has 4 nitrogen and oxygen atoms in total. The van der Waals surface area contributed by atoms with Crippen LogP contribution in [-0.4, -0.2) is 36.9 Å². The summed E-state index contributed by atoms with van der Waals surface area (Å²) >= 11 is 0. The van der Waals surface area contributed by atoms with Gasteiger partial charge in [-0.05, 0) is 56.4 Å². The molecule has 2 N–H and O–H groups in total. The van der Waals surface area contributed by atoms with Crippen molar-refractivity contribution in [3.8, 4) is 0 Å². The number of carbonyl (C=O) groups is 2. The largest absolute Gasteiger partial charge is 0.350 e. The number of Topliss-reactive ketones (excluding diaryl/α,β-unsaturated/α-hetero) is 1. The second kappa shape index (κ2) is 9.45. The van der Waals surface area contributed by atoms with Crippen LogP contribution in [0.2, 0.25) is 0 Å². The molecule has 1 saturated carbocycles. The second-order valence-electron chi connectivity index (χ2n) is 8.21. The average Bonchev–Trinajstić information content (AvgIpc) is 2.72. The number of hydrogen-bond acceptors (Lipinski definition) is 2. The molecule has 148 valence electrons. The normalized spacial score (nSPS) is 20.2. The van der Waals surface area contributed by atoms with Gasteiger partial charge in [0.05, 0.1) is 19.6 Å². The monoisotopic (exact) mass is 375 g/mol. The number of rotatable bonds is 7. The van der Waals surface area contributed by atoms with Crippen molar-refractivity contribution >= 4 is 11.7 Å². The number of benzene rings is 1. The Morgan fingerprint density at radius 3 is 2.22 bits per heavy atom. The van der Waals surface area contributed by atoms with E-state index in [1.807, 2.05) is 0 Å². The van der Waals surface area contributed by atoms with Crippen LogP contribution in [0.5, 0.6) is 0 Å². The van der Waals surface area contributed by atoms with Crippen LogP contribution < -0.4 is 10.2 Å². The number of piperidine rings is 1. The van der Waals surface area contributed by atoms with Gasteiger partial charge < -0.3 is 10.2 Å². The van der Waals surface area contributed by atoms with Crippen molar-refractivity contribution in [3.05, 3.63) is 35.6 Å². The molecule has 1 amide bonds. The quantitative estimate of drug-likeness (QED) is 0.720. The predicted molar refractivity (Wildman–Crippen MR) is 103 cm³/mol. The number of quaternary nitrogens is 1. The molecule has 0 atom stereocenters. The van der Waals surface area contributed by atoms with Crippen LogP contribution in [0.1, 0.15) is 74.6 Å². The van der Waals surface area contributed by atoms with Gasteiger partial charge in [-0.25, -0.2) is 4.39 Å². The summed E-state index contributed by atoms with van der Waals surface area (Å²) in [5.74, 6) is -0.520. The summed E-state index contributed by atoms with van der Waals surface area (Å²) in [6.45, 7) is 3.17. The Kier molecular flexibility index (Phi) is 7.00. The summed E-state index contributed by atoms with van der Waals surface area (Å²) in [6.07, 6.45) is 10.5. The fourth-order valence-electron chi connectivity index (χ4n) is 4.76. The van der Waals surface area contributed by atoms with Crippen LogP contribution in [0.3, 0.4) is 0 Å². The minimum atomic E-state index is -0.359. The number of ketones is 1. The standard InChI is InChI=1S/C22H31FN2O2/c23-19-9-7-18(8-10-19)20(26)11-12-21(27)24-17-22(13-3-1-4-14-22)25-15-5-2-6-16-25/h7-10H,1-6,11-17H2,(H,24,27)/p+1. The lowest BCUT2D eigenvalue weighted by Gasteiger charge is -2.45. The SMILES string of the molecule is O=C(CCC(=O)c1ccc(F)cc1)NCC1([NH+]2CCCCC2)CCCCC1. The van der Waals surface area contributed by atoms with Crippen molar-refractivity contribution in [1.29, 1.82) is 0 Å². The third kappa shape index (κ3) is 5.38. The highest BCUT2D eigenvalue weighted by Gasteiger charge is 2.42. The van der Waals surface area contributed by atoms with Gasteiger partial charge >= 0.3 is 0 Å².